The number of carbonyl (C=O) groups is 3. The molecule has 6 nitrogen and oxygen atoms in total. The first-order valence-corrected chi connectivity index (χ1v) is 11.5. The van der Waals surface area contributed by atoms with Crippen molar-refractivity contribution in [3.63, 3.8) is 0 Å². The molecule has 3 aromatic rings. The average Bonchev–Trinajstić information content (AvgIpc) is 3.11. The van der Waals surface area contributed by atoms with Crippen LogP contribution >= 0.6 is 0 Å². The smallest absolute Gasteiger partial charge is 0.259 e. The van der Waals surface area contributed by atoms with Gasteiger partial charge in [-0.15, -0.1) is 0 Å². The molecule has 170 valence electrons. The van der Waals surface area contributed by atoms with Crippen molar-refractivity contribution in [1.29, 1.82) is 0 Å². The molecule has 0 saturated carbocycles. The number of nitrogens with one attached hydrogen (secondary N) is 1. The molecule has 0 saturated heterocycles. The Morgan fingerprint density at radius 3 is 2.39 bits per heavy atom. The highest BCUT2D eigenvalue weighted by Gasteiger charge is 2.34. The van der Waals surface area contributed by atoms with Gasteiger partial charge in [0.2, 0.25) is 11.8 Å². The number of hydrogen-bond acceptors (Lipinski definition) is 3. The zero-order valence-corrected chi connectivity index (χ0v) is 19.1. The number of hydrogen-bond donors (Lipinski definition) is 1. The molecule has 1 atom stereocenters. The minimum atomic E-state index is -0.611. The largest absolute Gasteiger partial charge is 0.354 e. The fourth-order valence-corrected chi connectivity index (χ4v) is 4.43. The van der Waals surface area contributed by atoms with Crippen LogP contribution in [0.4, 0.5) is 5.69 Å². The van der Waals surface area contributed by atoms with Crippen molar-refractivity contribution in [1.82, 2.24) is 10.2 Å². The van der Waals surface area contributed by atoms with Gasteiger partial charge in [0.05, 0.1) is 5.69 Å². The van der Waals surface area contributed by atoms with Gasteiger partial charge in [-0.2, -0.15) is 0 Å². The van der Waals surface area contributed by atoms with E-state index < -0.39 is 6.04 Å². The lowest BCUT2D eigenvalue weighted by atomic mass is 10.1. The van der Waals surface area contributed by atoms with Crippen molar-refractivity contribution in [2.75, 3.05) is 18.0 Å². The van der Waals surface area contributed by atoms with Gasteiger partial charge in [-0.05, 0) is 35.9 Å². The first-order chi connectivity index (χ1) is 16.0. The van der Waals surface area contributed by atoms with Crippen molar-refractivity contribution in [2.45, 2.75) is 39.3 Å². The van der Waals surface area contributed by atoms with Crippen LogP contribution in [0.2, 0.25) is 0 Å². The molecule has 1 aliphatic heterocycles. The molecule has 0 radical (unpaired) electrons. The topological polar surface area (TPSA) is 69.7 Å². The molecular weight excluding hydrogens is 414 g/mol. The molecule has 0 aliphatic carbocycles. The zero-order valence-electron chi connectivity index (χ0n) is 19.1. The Kier molecular flexibility index (Phi) is 6.73. The molecule has 1 heterocycles. The lowest BCUT2D eigenvalue weighted by Crippen LogP contribution is -2.52. The van der Waals surface area contributed by atoms with Crippen LogP contribution in [-0.2, 0) is 16.1 Å². The summed E-state index contributed by atoms with van der Waals surface area (Å²) in [5.74, 6) is -0.601. The summed E-state index contributed by atoms with van der Waals surface area (Å²) in [4.78, 5) is 42.9. The lowest BCUT2D eigenvalue weighted by molar-refractivity contribution is -0.140. The van der Waals surface area contributed by atoms with Gasteiger partial charge in [0.15, 0.2) is 0 Å². The molecule has 0 aromatic heterocycles. The summed E-state index contributed by atoms with van der Waals surface area (Å²) >= 11 is 0. The van der Waals surface area contributed by atoms with Crippen LogP contribution in [0.15, 0.2) is 66.7 Å². The number of nitrogens with zero attached hydrogens (tertiary/aromatic N) is 2. The second-order valence-electron chi connectivity index (χ2n) is 8.29. The van der Waals surface area contributed by atoms with Gasteiger partial charge in [0.1, 0.15) is 12.6 Å². The third-order valence-corrected chi connectivity index (χ3v) is 6.07. The van der Waals surface area contributed by atoms with E-state index in [1.165, 1.54) is 4.90 Å². The van der Waals surface area contributed by atoms with Crippen LogP contribution in [0.5, 0.6) is 0 Å². The molecule has 1 aliphatic rings. The maximum atomic E-state index is 13.7. The maximum Gasteiger partial charge on any atom is 0.259 e. The zero-order chi connectivity index (χ0) is 23.4. The summed E-state index contributed by atoms with van der Waals surface area (Å²) in [6.45, 7) is 4.64. The number of rotatable bonds is 9. The number of amides is 3. The second kappa shape index (κ2) is 9.86. The summed E-state index contributed by atoms with van der Waals surface area (Å²) < 4.78 is 0. The monoisotopic (exact) mass is 443 g/mol. The van der Waals surface area contributed by atoms with Crippen LogP contribution in [0, 0.1) is 0 Å². The molecule has 0 bridgehead atoms. The van der Waals surface area contributed by atoms with Gasteiger partial charge in [0.25, 0.3) is 5.91 Å². The van der Waals surface area contributed by atoms with E-state index in [1.54, 1.807) is 11.0 Å². The van der Waals surface area contributed by atoms with Crippen LogP contribution in [-0.4, -0.2) is 41.8 Å². The van der Waals surface area contributed by atoms with Crippen molar-refractivity contribution in [3.05, 3.63) is 77.9 Å². The Morgan fingerprint density at radius 2 is 1.70 bits per heavy atom. The Labute approximate surface area is 194 Å². The summed E-state index contributed by atoms with van der Waals surface area (Å²) in [5, 5.41) is 4.77. The van der Waals surface area contributed by atoms with Crippen LogP contribution < -0.4 is 10.2 Å². The Balaban J connectivity index is 1.63. The van der Waals surface area contributed by atoms with Crippen molar-refractivity contribution < 1.29 is 14.4 Å². The van der Waals surface area contributed by atoms with Gasteiger partial charge in [-0.3, -0.25) is 19.3 Å². The number of benzene rings is 3. The molecule has 4 rings (SSSR count). The quantitative estimate of drug-likeness (QED) is 0.541. The third-order valence-electron chi connectivity index (χ3n) is 6.07. The minimum absolute atomic E-state index is 0.114. The standard InChI is InChI=1S/C27H29N3O3/c1-3-16-28-26(32)22(4-2)29(17-19-10-6-5-7-11-19)24(31)18-30-23-15-9-13-20-12-8-14-21(25(20)23)27(30)33/h5-15,22H,3-4,16-18H2,1-2H3,(H,28,32)/t22-/m1/s1. The second-order valence-corrected chi connectivity index (χ2v) is 8.29. The van der Waals surface area contributed by atoms with E-state index in [-0.39, 0.29) is 24.3 Å². The molecule has 33 heavy (non-hydrogen) atoms. The summed E-state index contributed by atoms with van der Waals surface area (Å²) in [6.07, 6.45) is 1.30. The van der Waals surface area contributed by atoms with E-state index >= 15 is 0 Å². The molecule has 0 unspecified atom stereocenters. The molecule has 6 heteroatoms. The highest BCUT2D eigenvalue weighted by Crippen LogP contribution is 2.37. The van der Waals surface area contributed by atoms with Gasteiger partial charge in [0, 0.05) is 24.0 Å². The molecule has 0 spiro atoms. The molecule has 1 N–H and O–H groups in total. The number of anilines is 1. The predicted octanol–water partition coefficient (Wildman–Crippen LogP) is 4.13. The van der Waals surface area contributed by atoms with Gasteiger partial charge in [-0.1, -0.05) is 68.4 Å². The first kappa shape index (κ1) is 22.5. The van der Waals surface area contributed by atoms with E-state index in [1.807, 2.05) is 74.5 Å². The summed E-state index contributed by atoms with van der Waals surface area (Å²) in [5.41, 5.74) is 2.29. The Hall–Kier alpha value is -3.67. The van der Waals surface area contributed by atoms with Crippen LogP contribution in [0.3, 0.4) is 0 Å². The van der Waals surface area contributed by atoms with E-state index in [2.05, 4.69) is 5.32 Å². The Bertz CT molecular complexity index is 1170. The average molecular weight is 444 g/mol. The van der Waals surface area contributed by atoms with Crippen molar-refractivity contribution in [2.24, 2.45) is 0 Å². The highest BCUT2D eigenvalue weighted by atomic mass is 16.2. The van der Waals surface area contributed by atoms with E-state index in [0.717, 1.165) is 28.4 Å². The van der Waals surface area contributed by atoms with E-state index in [4.69, 9.17) is 0 Å². The van der Waals surface area contributed by atoms with E-state index in [0.29, 0.717) is 25.1 Å². The minimum Gasteiger partial charge on any atom is -0.354 e. The lowest BCUT2D eigenvalue weighted by Gasteiger charge is -2.32. The molecule has 0 fully saturated rings. The normalized spacial score (nSPS) is 13.3. The molecule has 3 amide bonds. The first-order valence-electron chi connectivity index (χ1n) is 11.5. The highest BCUT2D eigenvalue weighted by molar-refractivity contribution is 6.26. The van der Waals surface area contributed by atoms with Gasteiger partial charge >= 0.3 is 0 Å². The van der Waals surface area contributed by atoms with Gasteiger partial charge in [-0.25, -0.2) is 0 Å². The fraction of sp³-hybridized carbons (Fsp3) is 0.296. The third kappa shape index (κ3) is 4.46. The van der Waals surface area contributed by atoms with Crippen molar-refractivity contribution >= 4 is 34.2 Å². The summed E-state index contributed by atoms with van der Waals surface area (Å²) in [7, 11) is 0. The maximum absolute atomic E-state index is 13.7. The Morgan fingerprint density at radius 1 is 0.970 bits per heavy atom. The van der Waals surface area contributed by atoms with Crippen molar-refractivity contribution in [3.8, 4) is 0 Å². The van der Waals surface area contributed by atoms with E-state index in [9.17, 15) is 14.4 Å². The van der Waals surface area contributed by atoms with Crippen LogP contribution in [0.25, 0.3) is 10.8 Å². The number of carbonyl (C=O) groups excluding carboxylic acids is 3. The molecular formula is C27H29N3O3. The SMILES string of the molecule is CCCNC(=O)[C@@H](CC)N(Cc1ccccc1)C(=O)CN1C(=O)c2cccc3cccc1c23. The van der Waals surface area contributed by atoms with Gasteiger partial charge < -0.3 is 10.2 Å². The fourth-order valence-electron chi connectivity index (χ4n) is 4.43. The molecule has 3 aromatic carbocycles. The van der Waals surface area contributed by atoms with Crippen LogP contribution in [0.1, 0.15) is 42.6 Å². The predicted molar refractivity (Wildman–Crippen MR) is 130 cm³/mol. The summed E-state index contributed by atoms with van der Waals surface area (Å²) in [6, 6.07) is 20.4.